The minimum atomic E-state index is 0.166. The summed E-state index contributed by atoms with van der Waals surface area (Å²) in [5.41, 5.74) is 3.01. The van der Waals surface area contributed by atoms with E-state index in [4.69, 9.17) is 0 Å². The molecule has 0 amide bonds. The van der Waals surface area contributed by atoms with Crippen molar-refractivity contribution < 1.29 is 4.79 Å². The normalized spacial score (nSPS) is 19.4. The first kappa shape index (κ1) is 12.8. The van der Waals surface area contributed by atoms with Crippen LogP contribution in [0.5, 0.6) is 0 Å². The first-order valence-electron chi connectivity index (χ1n) is 6.36. The fraction of sp³-hybridized carbons (Fsp3) is 0.533. The van der Waals surface area contributed by atoms with Gasteiger partial charge in [0.1, 0.15) is 5.78 Å². The van der Waals surface area contributed by atoms with Crippen molar-refractivity contribution in [1.29, 1.82) is 0 Å². The van der Waals surface area contributed by atoms with Gasteiger partial charge in [-0.1, -0.05) is 41.9 Å². The van der Waals surface area contributed by atoms with Crippen molar-refractivity contribution in [3.05, 3.63) is 33.8 Å². The van der Waals surface area contributed by atoms with E-state index >= 15 is 0 Å². The second kappa shape index (κ2) is 4.93. The number of hydrogen-bond acceptors (Lipinski definition) is 1. The molecule has 17 heavy (non-hydrogen) atoms. The lowest BCUT2D eigenvalue weighted by Gasteiger charge is -2.36. The van der Waals surface area contributed by atoms with E-state index < -0.39 is 0 Å². The van der Waals surface area contributed by atoms with Crippen LogP contribution in [-0.2, 0) is 16.6 Å². The van der Waals surface area contributed by atoms with E-state index in [9.17, 15) is 4.79 Å². The summed E-state index contributed by atoms with van der Waals surface area (Å²) in [6.45, 7) is 4.50. The van der Waals surface area contributed by atoms with E-state index in [2.05, 4.69) is 48.0 Å². The largest absolute Gasteiger partial charge is 0.300 e. The van der Waals surface area contributed by atoms with Gasteiger partial charge in [-0.2, -0.15) is 0 Å². The first-order valence-corrected chi connectivity index (χ1v) is 7.15. The fourth-order valence-electron chi connectivity index (χ4n) is 2.87. The molecule has 1 aliphatic carbocycles. The van der Waals surface area contributed by atoms with Crippen LogP contribution in [0.1, 0.15) is 50.7 Å². The molecule has 0 saturated heterocycles. The average Bonchev–Trinajstić information content (AvgIpc) is 2.32. The Bertz CT molecular complexity index is 427. The van der Waals surface area contributed by atoms with Crippen LogP contribution in [0, 0.1) is 0 Å². The molecule has 0 heterocycles. The Balaban J connectivity index is 2.42. The molecule has 1 aromatic carbocycles. The molecule has 0 aliphatic heterocycles. The van der Waals surface area contributed by atoms with Crippen molar-refractivity contribution >= 4 is 21.7 Å². The lowest BCUT2D eigenvalue weighted by Crippen LogP contribution is -2.30. The molecule has 0 spiro atoms. The molecule has 92 valence electrons. The van der Waals surface area contributed by atoms with E-state index in [0.29, 0.717) is 5.78 Å². The molecular weight excluding hydrogens is 276 g/mol. The smallest absolute Gasteiger partial charge is 0.132 e. The van der Waals surface area contributed by atoms with Gasteiger partial charge in [0.25, 0.3) is 0 Å². The van der Waals surface area contributed by atoms with Crippen LogP contribution < -0.4 is 0 Å². The summed E-state index contributed by atoms with van der Waals surface area (Å²) in [4.78, 5) is 11.4. The van der Waals surface area contributed by atoms with Crippen molar-refractivity contribution in [1.82, 2.24) is 0 Å². The lowest BCUT2D eigenvalue weighted by molar-refractivity contribution is -0.121. The Morgan fingerprint density at radius 2 is 1.94 bits per heavy atom. The Hall–Kier alpha value is -0.630. The number of halogens is 1. The predicted octanol–water partition coefficient (Wildman–Crippen LogP) is 4.41. The van der Waals surface area contributed by atoms with Gasteiger partial charge in [0.05, 0.1) is 0 Å². The molecule has 1 fully saturated rings. The number of rotatable bonds is 2. The highest BCUT2D eigenvalue weighted by molar-refractivity contribution is 9.10. The Morgan fingerprint density at radius 3 is 2.53 bits per heavy atom. The van der Waals surface area contributed by atoms with Gasteiger partial charge in [-0.3, -0.25) is 4.79 Å². The molecule has 0 unspecified atom stereocenters. The van der Waals surface area contributed by atoms with Gasteiger partial charge >= 0.3 is 0 Å². The zero-order chi connectivity index (χ0) is 12.5. The zero-order valence-electron chi connectivity index (χ0n) is 10.6. The van der Waals surface area contributed by atoms with Gasteiger partial charge in [0.15, 0.2) is 0 Å². The van der Waals surface area contributed by atoms with Crippen molar-refractivity contribution in [2.75, 3.05) is 0 Å². The van der Waals surface area contributed by atoms with Crippen LogP contribution in [0.4, 0.5) is 0 Å². The summed E-state index contributed by atoms with van der Waals surface area (Å²) >= 11 is 3.69. The molecule has 2 heteroatoms. The molecule has 0 aromatic heterocycles. The summed E-state index contributed by atoms with van der Waals surface area (Å²) in [6.07, 6.45) is 4.50. The van der Waals surface area contributed by atoms with Gasteiger partial charge in [0, 0.05) is 17.3 Å². The Kier molecular flexibility index (Phi) is 3.72. The first-order chi connectivity index (χ1) is 8.07. The van der Waals surface area contributed by atoms with Crippen molar-refractivity contribution in [2.45, 2.75) is 51.4 Å². The standard InChI is InChI=1S/C15H19BrO/c1-3-11-5-4-6-13(16)14(11)15(2)9-7-12(17)8-10-15/h4-6H,3,7-10H2,1-2H3. The highest BCUT2D eigenvalue weighted by atomic mass is 79.9. The summed E-state index contributed by atoms with van der Waals surface area (Å²) in [6, 6.07) is 6.43. The maximum atomic E-state index is 11.4. The maximum Gasteiger partial charge on any atom is 0.132 e. The number of benzene rings is 1. The summed E-state index contributed by atoms with van der Waals surface area (Å²) in [5.74, 6) is 0.424. The van der Waals surface area contributed by atoms with E-state index in [-0.39, 0.29) is 5.41 Å². The molecule has 1 nitrogen and oxygen atoms in total. The van der Waals surface area contributed by atoms with E-state index in [1.54, 1.807) is 0 Å². The average molecular weight is 295 g/mol. The third-order valence-corrected chi connectivity index (χ3v) is 4.66. The van der Waals surface area contributed by atoms with Gasteiger partial charge in [0.2, 0.25) is 0 Å². The van der Waals surface area contributed by atoms with E-state index in [1.165, 1.54) is 15.6 Å². The molecule has 0 bridgehead atoms. The number of aryl methyl sites for hydroxylation is 1. The molecular formula is C15H19BrO. The number of Topliss-reactive ketones (excluding diaryl/α,β-unsaturated/α-hetero) is 1. The van der Waals surface area contributed by atoms with Crippen LogP contribution in [-0.4, -0.2) is 5.78 Å². The van der Waals surface area contributed by atoms with Crippen LogP contribution in [0.25, 0.3) is 0 Å². The van der Waals surface area contributed by atoms with E-state index in [1.807, 2.05) is 0 Å². The molecule has 2 rings (SSSR count). The molecule has 0 atom stereocenters. The molecule has 0 N–H and O–H groups in total. The Morgan fingerprint density at radius 1 is 1.29 bits per heavy atom. The molecule has 1 aliphatic rings. The minimum absolute atomic E-state index is 0.166. The minimum Gasteiger partial charge on any atom is -0.300 e. The lowest BCUT2D eigenvalue weighted by atomic mass is 9.69. The third-order valence-electron chi connectivity index (χ3n) is 4.00. The number of hydrogen-bond donors (Lipinski definition) is 0. The number of carbonyl (C=O) groups is 1. The highest BCUT2D eigenvalue weighted by Gasteiger charge is 2.34. The molecule has 1 saturated carbocycles. The summed E-state index contributed by atoms with van der Waals surface area (Å²) in [5, 5.41) is 0. The van der Waals surface area contributed by atoms with Crippen LogP contribution in [0.3, 0.4) is 0 Å². The van der Waals surface area contributed by atoms with Crippen molar-refractivity contribution in [3.63, 3.8) is 0 Å². The van der Waals surface area contributed by atoms with Crippen molar-refractivity contribution in [2.24, 2.45) is 0 Å². The summed E-state index contributed by atoms with van der Waals surface area (Å²) in [7, 11) is 0. The van der Waals surface area contributed by atoms with Gasteiger partial charge in [-0.15, -0.1) is 0 Å². The SMILES string of the molecule is CCc1cccc(Br)c1C1(C)CCC(=O)CC1. The van der Waals surface area contributed by atoms with Gasteiger partial charge in [-0.05, 0) is 41.9 Å². The number of ketones is 1. The van der Waals surface area contributed by atoms with Gasteiger partial charge in [-0.25, -0.2) is 0 Å². The van der Waals surface area contributed by atoms with Crippen LogP contribution >= 0.6 is 15.9 Å². The van der Waals surface area contributed by atoms with E-state index in [0.717, 1.165) is 32.1 Å². The number of carbonyl (C=O) groups excluding carboxylic acids is 1. The van der Waals surface area contributed by atoms with Gasteiger partial charge < -0.3 is 0 Å². The van der Waals surface area contributed by atoms with Crippen LogP contribution in [0.2, 0.25) is 0 Å². The van der Waals surface area contributed by atoms with Crippen molar-refractivity contribution in [3.8, 4) is 0 Å². The highest BCUT2D eigenvalue weighted by Crippen LogP contribution is 2.42. The second-order valence-corrected chi connectivity index (χ2v) is 6.08. The third kappa shape index (κ3) is 2.47. The quantitative estimate of drug-likeness (QED) is 0.789. The fourth-order valence-corrected chi connectivity index (χ4v) is 3.76. The monoisotopic (exact) mass is 294 g/mol. The predicted molar refractivity (Wildman–Crippen MR) is 74.3 cm³/mol. The topological polar surface area (TPSA) is 17.1 Å². The zero-order valence-corrected chi connectivity index (χ0v) is 12.1. The molecule has 1 aromatic rings. The summed E-state index contributed by atoms with van der Waals surface area (Å²) < 4.78 is 1.20. The maximum absolute atomic E-state index is 11.4. The molecule has 0 radical (unpaired) electrons. The van der Waals surface area contributed by atoms with Crippen LogP contribution in [0.15, 0.2) is 22.7 Å². The Labute approximate surface area is 112 Å². The second-order valence-electron chi connectivity index (χ2n) is 5.23.